The van der Waals surface area contributed by atoms with E-state index in [1.54, 1.807) is 0 Å². The van der Waals surface area contributed by atoms with Gasteiger partial charge < -0.3 is 5.11 Å². The summed E-state index contributed by atoms with van der Waals surface area (Å²) in [6.07, 6.45) is 1.12. The fourth-order valence-corrected chi connectivity index (χ4v) is 2.20. The predicted molar refractivity (Wildman–Crippen MR) is 70.8 cm³/mol. The maximum Gasteiger partial charge on any atom is 0.0804 e. The molecule has 0 aromatic heterocycles. The summed E-state index contributed by atoms with van der Waals surface area (Å²) in [6, 6.07) is 5.82. The van der Waals surface area contributed by atoms with Gasteiger partial charge in [-0.25, -0.2) is 0 Å². The molecule has 82 valence electrons. The van der Waals surface area contributed by atoms with Crippen LogP contribution in [0.15, 0.2) is 39.3 Å². The van der Waals surface area contributed by atoms with Gasteiger partial charge in [-0.1, -0.05) is 37.4 Å². The summed E-state index contributed by atoms with van der Waals surface area (Å²) < 4.78 is 1.93. The van der Waals surface area contributed by atoms with Gasteiger partial charge in [-0.3, -0.25) is 0 Å². The lowest BCUT2D eigenvalue weighted by atomic mass is 10.0. The van der Waals surface area contributed by atoms with E-state index in [1.807, 2.05) is 25.1 Å². The second kappa shape index (κ2) is 5.83. The van der Waals surface area contributed by atoms with E-state index >= 15 is 0 Å². The topological polar surface area (TPSA) is 20.2 Å². The van der Waals surface area contributed by atoms with Gasteiger partial charge in [-0.2, -0.15) is 0 Å². The Morgan fingerprint density at radius 1 is 1.47 bits per heavy atom. The molecule has 0 fully saturated rings. The zero-order valence-corrected chi connectivity index (χ0v) is 11.8. The molecule has 1 aromatic carbocycles. The SMILES string of the molecule is C=C(C)CCC(O)c1cc(Br)ccc1Br. The van der Waals surface area contributed by atoms with Crippen LogP contribution >= 0.6 is 31.9 Å². The van der Waals surface area contributed by atoms with E-state index in [1.165, 1.54) is 0 Å². The highest BCUT2D eigenvalue weighted by Gasteiger charge is 2.11. The second-order valence-corrected chi connectivity index (χ2v) is 5.45. The number of benzene rings is 1. The Balaban J connectivity index is 2.76. The molecule has 1 atom stereocenters. The second-order valence-electron chi connectivity index (χ2n) is 3.68. The average molecular weight is 334 g/mol. The molecule has 0 aliphatic heterocycles. The number of rotatable bonds is 4. The molecule has 15 heavy (non-hydrogen) atoms. The van der Waals surface area contributed by atoms with E-state index < -0.39 is 6.10 Å². The maximum atomic E-state index is 9.98. The van der Waals surface area contributed by atoms with E-state index in [0.717, 1.165) is 26.5 Å². The van der Waals surface area contributed by atoms with Gasteiger partial charge in [-0.05, 0) is 43.5 Å². The van der Waals surface area contributed by atoms with Crippen molar-refractivity contribution in [2.45, 2.75) is 25.9 Å². The molecule has 0 spiro atoms. The first-order chi connectivity index (χ1) is 7.00. The van der Waals surface area contributed by atoms with E-state index in [0.29, 0.717) is 6.42 Å². The summed E-state index contributed by atoms with van der Waals surface area (Å²) in [6.45, 7) is 5.80. The minimum Gasteiger partial charge on any atom is -0.388 e. The first kappa shape index (κ1) is 12.9. The van der Waals surface area contributed by atoms with Crippen LogP contribution in [0.25, 0.3) is 0 Å². The molecule has 1 aromatic rings. The third-order valence-corrected chi connectivity index (χ3v) is 3.38. The van der Waals surface area contributed by atoms with Gasteiger partial charge in [-0.15, -0.1) is 6.58 Å². The van der Waals surface area contributed by atoms with Crippen LogP contribution in [0, 0.1) is 0 Å². The van der Waals surface area contributed by atoms with Crippen molar-refractivity contribution in [3.63, 3.8) is 0 Å². The highest BCUT2D eigenvalue weighted by molar-refractivity contribution is 9.11. The van der Waals surface area contributed by atoms with E-state index in [-0.39, 0.29) is 0 Å². The van der Waals surface area contributed by atoms with E-state index in [9.17, 15) is 5.11 Å². The Bertz CT molecular complexity index is 361. The molecule has 1 rings (SSSR count). The van der Waals surface area contributed by atoms with Crippen LogP contribution in [0.4, 0.5) is 0 Å². The standard InChI is InChI=1S/C12H14Br2O/c1-8(2)3-6-12(15)10-7-9(13)4-5-11(10)14/h4-5,7,12,15H,1,3,6H2,2H3. The molecule has 0 radical (unpaired) electrons. The third-order valence-electron chi connectivity index (χ3n) is 2.16. The zero-order valence-electron chi connectivity index (χ0n) is 8.63. The highest BCUT2D eigenvalue weighted by atomic mass is 79.9. The Hall–Kier alpha value is -0.120. The van der Waals surface area contributed by atoms with Crippen molar-refractivity contribution in [2.24, 2.45) is 0 Å². The molecule has 0 amide bonds. The van der Waals surface area contributed by atoms with Gasteiger partial charge in [0.15, 0.2) is 0 Å². The fourth-order valence-electron chi connectivity index (χ4n) is 1.31. The molecular weight excluding hydrogens is 320 g/mol. The molecule has 1 unspecified atom stereocenters. The van der Waals surface area contributed by atoms with Gasteiger partial charge in [0, 0.05) is 8.95 Å². The predicted octanol–water partition coefficient (Wildman–Crippen LogP) is 4.60. The average Bonchev–Trinajstić information content (AvgIpc) is 2.18. The molecule has 0 saturated carbocycles. The van der Waals surface area contributed by atoms with Gasteiger partial charge in [0.25, 0.3) is 0 Å². The Kier molecular flexibility index (Phi) is 5.03. The Labute approximate surface area is 107 Å². The first-order valence-electron chi connectivity index (χ1n) is 4.78. The molecule has 0 aliphatic rings. The summed E-state index contributed by atoms with van der Waals surface area (Å²) in [5.41, 5.74) is 2.02. The minimum atomic E-state index is -0.437. The lowest BCUT2D eigenvalue weighted by Gasteiger charge is -2.13. The minimum absolute atomic E-state index is 0.437. The molecular formula is C12H14Br2O. The van der Waals surface area contributed by atoms with Crippen LogP contribution in [-0.4, -0.2) is 5.11 Å². The lowest BCUT2D eigenvalue weighted by molar-refractivity contribution is 0.167. The summed E-state index contributed by atoms with van der Waals surface area (Å²) in [7, 11) is 0. The summed E-state index contributed by atoms with van der Waals surface area (Å²) in [5.74, 6) is 0. The maximum absolute atomic E-state index is 9.98. The Morgan fingerprint density at radius 3 is 2.73 bits per heavy atom. The number of allylic oxidation sites excluding steroid dienone is 1. The van der Waals surface area contributed by atoms with Crippen LogP contribution in [0.2, 0.25) is 0 Å². The summed E-state index contributed by atoms with van der Waals surface area (Å²) in [5, 5.41) is 9.98. The van der Waals surface area contributed by atoms with Crippen molar-refractivity contribution in [3.8, 4) is 0 Å². The quantitative estimate of drug-likeness (QED) is 0.798. The highest BCUT2D eigenvalue weighted by Crippen LogP contribution is 2.29. The van der Waals surface area contributed by atoms with Gasteiger partial charge in [0.1, 0.15) is 0 Å². The van der Waals surface area contributed by atoms with Crippen LogP contribution in [0.5, 0.6) is 0 Å². The number of hydrogen-bond donors (Lipinski definition) is 1. The van der Waals surface area contributed by atoms with Crippen LogP contribution < -0.4 is 0 Å². The zero-order chi connectivity index (χ0) is 11.4. The third kappa shape index (κ3) is 4.09. The van der Waals surface area contributed by atoms with E-state index in [2.05, 4.69) is 38.4 Å². The molecule has 0 saturated heterocycles. The van der Waals surface area contributed by atoms with Crippen molar-refractivity contribution in [1.29, 1.82) is 0 Å². The summed E-state index contributed by atoms with van der Waals surface area (Å²) >= 11 is 6.83. The molecule has 0 aliphatic carbocycles. The van der Waals surface area contributed by atoms with E-state index in [4.69, 9.17) is 0 Å². The fraction of sp³-hybridized carbons (Fsp3) is 0.333. The molecule has 0 heterocycles. The first-order valence-corrected chi connectivity index (χ1v) is 6.36. The van der Waals surface area contributed by atoms with Gasteiger partial charge in [0.05, 0.1) is 6.10 Å². The molecule has 3 heteroatoms. The number of hydrogen-bond acceptors (Lipinski definition) is 1. The largest absolute Gasteiger partial charge is 0.388 e. The van der Waals surface area contributed by atoms with Crippen molar-refractivity contribution in [1.82, 2.24) is 0 Å². The van der Waals surface area contributed by atoms with Gasteiger partial charge >= 0.3 is 0 Å². The van der Waals surface area contributed by atoms with Crippen molar-refractivity contribution >= 4 is 31.9 Å². The summed E-state index contributed by atoms with van der Waals surface area (Å²) in [4.78, 5) is 0. The van der Waals surface area contributed by atoms with Crippen molar-refractivity contribution < 1.29 is 5.11 Å². The van der Waals surface area contributed by atoms with Crippen molar-refractivity contribution in [3.05, 3.63) is 44.9 Å². The number of aliphatic hydroxyl groups is 1. The molecule has 0 bridgehead atoms. The number of aliphatic hydroxyl groups excluding tert-OH is 1. The smallest absolute Gasteiger partial charge is 0.0804 e. The Morgan fingerprint density at radius 2 is 2.13 bits per heavy atom. The van der Waals surface area contributed by atoms with Crippen molar-refractivity contribution in [2.75, 3.05) is 0 Å². The van der Waals surface area contributed by atoms with Gasteiger partial charge in [0.2, 0.25) is 0 Å². The van der Waals surface area contributed by atoms with Crippen LogP contribution in [0.3, 0.4) is 0 Å². The molecule has 1 N–H and O–H groups in total. The number of halogens is 2. The lowest BCUT2D eigenvalue weighted by Crippen LogP contribution is -1.98. The molecule has 1 nitrogen and oxygen atoms in total. The van der Waals surface area contributed by atoms with Crippen LogP contribution in [-0.2, 0) is 0 Å². The van der Waals surface area contributed by atoms with Crippen LogP contribution in [0.1, 0.15) is 31.4 Å². The normalized spacial score (nSPS) is 12.5. The monoisotopic (exact) mass is 332 g/mol.